The van der Waals surface area contributed by atoms with E-state index in [1.807, 2.05) is 36.4 Å². The molecule has 0 aromatic heterocycles. The van der Waals surface area contributed by atoms with Gasteiger partial charge in [0, 0.05) is 5.02 Å². The van der Waals surface area contributed by atoms with Crippen molar-refractivity contribution < 1.29 is 0 Å². The van der Waals surface area contributed by atoms with Gasteiger partial charge in [-0.05, 0) is 23.3 Å². The van der Waals surface area contributed by atoms with Gasteiger partial charge in [-0.15, -0.1) is 0 Å². The molecule has 3 rings (SSSR count). The fraction of sp³-hybridized carbons (Fsp3) is 0.0714. The number of hydrogen-bond acceptors (Lipinski definition) is 1. The number of aliphatic imine (C=N–C) groups is 1. The largest absolute Gasteiger partial charge is 0.272 e. The number of halogens is 1. The van der Waals surface area contributed by atoms with Gasteiger partial charge in [0.1, 0.15) is 6.04 Å². The van der Waals surface area contributed by atoms with Crippen molar-refractivity contribution in [3.8, 4) is 0 Å². The average Bonchev–Trinajstić information content (AvgIpc) is 3.10. The molecule has 78 valence electrons. The van der Waals surface area contributed by atoms with Gasteiger partial charge in [-0.3, -0.25) is 4.99 Å². The molecule has 0 saturated heterocycles. The predicted octanol–water partition coefficient (Wildman–Crippen LogP) is 3.88. The lowest BCUT2D eigenvalue weighted by Gasteiger charge is -1.99. The van der Waals surface area contributed by atoms with Crippen molar-refractivity contribution in [1.82, 2.24) is 0 Å². The highest BCUT2D eigenvalue weighted by atomic mass is 35.5. The maximum Gasteiger partial charge on any atom is 0.118 e. The molecule has 1 aliphatic heterocycles. The van der Waals surface area contributed by atoms with Gasteiger partial charge >= 0.3 is 0 Å². The Kier molecular flexibility index (Phi) is 2.26. The molecule has 1 aliphatic rings. The molecule has 0 aliphatic carbocycles. The first kappa shape index (κ1) is 9.61. The molecule has 1 nitrogen and oxygen atoms in total. The van der Waals surface area contributed by atoms with Gasteiger partial charge in [-0.1, -0.05) is 54.1 Å². The van der Waals surface area contributed by atoms with E-state index in [1.54, 1.807) is 0 Å². The smallest absolute Gasteiger partial charge is 0.118 e. The molecule has 0 amide bonds. The zero-order valence-corrected chi connectivity index (χ0v) is 9.35. The highest BCUT2D eigenvalue weighted by molar-refractivity contribution is 6.30. The Labute approximate surface area is 99.4 Å². The monoisotopic (exact) mass is 227 g/mol. The number of benzene rings is 2. The highest BCUT2D eigenvalue weighted by Crippen LogP contribution is 2.35. The highest BCUT2D eigenvalue weighted by Gasteiger charge is 2.30. The van der Waals surface area contributed by atoms with Gasteiger partial charge in [-0.2, -0.15) is 0 Å². The van der Waals surface area contributed by atoms with Crippen molar-refractivity contribution in [3.63, 3.8) is 0 Å². The van der Waals surface area contributed by atoms with E-state index >= 15 is 0 Å². The van der Waals surface area contributed by atoms with Gasteiger partial charge in [-0.25, -0.2) is 0 Å². The SMILES string of the molecule is Clc1cccc(C2N=C2c2ccccc2)c1. The van der Waals surface area contributed by atoms with Crippen molar-refractivity contribution in [3.05, 3.63) is 70.7 Å². The van der Waals surface area contributed by atoms with Crippen molar-refractivity contribution in [2.24, 2.45) is 4.99 Å². The molecule has 0 N–H and O–H groups in total. The van der Waals surface area contributed by atoms with E-state index in [4.69, 9.17) is 11.6 Å². The predicted molar refractivity (Wildman–Crippen MR) is 67.2 cm³/mol. The lowest BCUT2D eigenvalue weighted by atomic mass is 10.0. The number of hydrogen-bond donors (Lipinski definition) is 0. The lowest BCUT2D eigenvalue weighted by Crippen LogP contribution is -1.92. The summed E-state index contributed by atoms with van der Waals surface area (Å²) in [6.45, 7) is 0. The van der Waals surface area contributed by atoms with Crippen LogP contribution in [0.1, 0.15) is 17.2 Å². The fourth-order valence-electron chi connectivity index (χ4n) is 1.85. The Morgan fingerprint density at radius 3 is 2.50 bits per heavy atom. The third-order valence-corrected chi connectivity index (χ3v) is 2.93. The summed E-state index contributed by atoms with van der Waals surface area (Å²) in [6, 6.07) is 18.4. The van der Waals surface area contributed by atoms with Crippen LogP contribution in [0.3, 0.4) is 0 Å². The van der Waals surface area contributed by atoms with Crippen molar-refractivity contribution in [2.75, 3.05) is 0 Å². The van der Waals surface area contributed by atoms with E-state index in [0.29, 0.717) is 0 Å². The van der Waals surface area contributed by atoms with E-state index < -0.39 is 0 Å². The maximum absolute atomic E-state index is 5.96. The van der Waals surface area contributed by atoms with Crippen LogP contribution in [0, 0.1) is 0 Å². The van der Waals surface area contributed by atoms with Gasteiger partial charge < -0.3 is 0 Å². The molecule has 16 heavy (non-hydrogen) atoms. The van der Waals surface area contributed by atoms with Gasteiger partial charge in [0.05, 0.1) is 5.71 Å². The molecule has 2 heteroatoms. The van der Waals surface area contributed by atoms with Crippen molar-refractivity contribution >= 4 is 17.3 Å². The van der Waals surface area contributed by atoms with Crippen LogP contribution in [0.25, 0.3) is 0 Å². The Hall–Kier alpha value is -1.60. The second kappa shape index (κ2) is 3.76. The molecule has 1 unspecified atom stereocenters. The molecule has 2 aromatic rings. The molecule has 0 saturated carbocycles. The zero-order valence-electron chi connectivity index (χ0n) is 8.60. The minimum absolute atomic E-state index is 0.209. The summed E-state index contributed by atoms with van der Waals surface area (Å²) in [5.41, 5.74) is 3.53. The van der Waals surface area contributed by atoms with Crippen LogP contribution in [-0.2, 0) is 0 Å². The number of nitrogens with zero attached hydrogens (tertiary/aromatic N) is 1. The van der Waals surface area contributed by atoms with Gasteiger partial charge in [0.2, 0.25) is 0 Å². The third kappa shape index (κ3) is 1.74. The van der Waals surface area contributed by atoms with Crippen LogP contribution >= 0.6 is 11.6 Å². The molecule has 0 bridgehead atoms. The van der Waals surface area contributed by atoms with E-state index in [9.17, 15) is 0 Å². The summed E-state index contributed by atoms with van der Waals surface area (Å²) in [7, 11) is 0. The first-order valence-electron chi connectivity index (χ1n) is 5.23. The van der Waals surface area contributed by atoms with Crippen LogP contribution < -0.4 is 0 Å². The second-order valence-corrected chi connectivity index (χ2v) is 4.27. The third-order valence-electron chi connectivity index (χ3n) is 2.69. The quantitative estimate of drug-likeness (QED) is 0.738. The van der Waals surface area contributed by atoms with Crippen molar-refractivity contribution in [1.29, 1.82) is 0 Å². The zero-order chi connectivity index (χ0) is 11.0. The Balaban J connectivity index is 1.84. The van der Waals surface area contributed by atoms with Gasteiger partial charge in [0.15, 0.2) is 0 Å². The molecule has 0 fully saturated rings. The molecule has 0 radical (unpaired) electrons. The summed E-state index contributed by atoms with van der Waals surface area (Å²) in [6.07, 6.45) is 0. The molecule has 0 spiro atoms. The van der Waals surface area contributed by atoms with Crippen molar-refractivity contribution in [2.45, 2.75) is 6.04 Å². The summed E-state index contributed by atoms with van der Waals surface area (Å²) in [5.74, 6) is 0. The second-order valence-electron chi connectivity index (χ2n) is 3.84. The Morgan fingerprint density at radius 1 is 0.938 bits per heavy atom. The van der Waals surface area contributed by atoms with Crippen LogP contribution in [0.5, 0.6) is 0 Å². The summed E-state index contributed by atoms with van der Waals surface area (Å²) >= 11 is 5.96. The maximum atomic E-state index is 5.96. The van der Waals surface area contributed by atoms with Gasteiger partial charge in [0.25, 0.3) is 0 Å². The van der Waals surface area contributed by atoms with Crippen LogP contribution in [0.2, 0.25) is 5.02 Å². The van der Waals surface area contributed by atoms with E-state index in [1.165, 1.54) is 11.1 Å². The molecule has 2 aromatic carbocycles. The number of rotatable bonds is 2. The average molecular weight is 228 g/mol. The first-order valence-corrected chi connectivity index (χ1v) is 5.61. The molecule has 1 heterocycles. The summed E-state index contributed by atoms with van der Waals surface area (Å²) in [4.78, 5) is 4.49. The molecule has 1 atom stereocenters. The van der Waals surface area contributed by atoms with Crippen LogP contribution in [-0.4, -0.2) is 5.71 Å². The summed E-state index contributed by atoms with van der Waals surface area (Å²) in [5, 5.41) is 0.770. The summed E-state index contributed by atoms with van der Waals surface area (Å²) < 4.78 is 0. The van der Waals surface area contributed by atoms with Crippen LogP contribution in [0.15, 0.2) is 59.6 Å². The van der Waals surface area contributed by atoms with E-state index in [0.717, 1.165) is 10.7 Å². The molecular weight excluding hydrogens is 218 g/mol. The van der Waals surface area contributed by atoms with E-state index in [-0.39, 0.29) is 6.04 Å². The van der Waals surface area contributed by atoms with E-state index in [2.05, 4.69) is 23.2 Å². The molecular formula is C14H10ClN. The Bertz CT molecular complexity index is 546. The minimum Gasteiger partial charge on any atom is -0.272 e. The first-order chi connectivity index (χ1) is 7.84. The minimum atomic E-state index is 0.209. The normalized spacial score (nSPS) is 18.1. The lowest BCUT2D eigenvalue weighted by molar-refractivity contribution is 1.13. The Morgan fingerprint density at radius 2 is 1.75 bits per heavy atom. The standard InChI is InChI=1S/C14H10ClN/c15-12-8-4-7-11(9-12)14-13(16-14)10-5-2-1-3-6-10/h1-9,14H. The fourth-order valence-corrected chi connectivity index (χ4v) is 2.05. The van der Waals surface area contributed by atoms with Crippen LogP contribution in [0.4, 0.5) is 0 Å². The topological polar surface area (TPSA) is 12.4 Å².